The zero-order valence-corrected chi connectivity index (χ0v) is 11.9. The summed E-state index contributed by atoms with van der Waals surface area (Å²) < 4.78 is 26.9. The molecule has 0 spiro atoms. The van der Waals surface area contributed by atoms with Crippen LogP contribution >= 0.6 is 0 Å². The van der Waals surface area contributed by atoms with Crippen molar-refractivity contribution in [2.45, 2.75) is 37.6 Å². The van der Waals surface area contributed by atoms with E-state index in [-0.39, 0.29) is 22.5 Å². The van der Waals surface area contributed by atoms with Crippen molar-refractivity contribution in [3.05, 3.63) is 24.0 Å². The summed E-state index contributed by atoms with van der Waals surface area (Å²) in [5, 5.41) is 9.00. The van der Waals surface area contributed by atoms with Crippen molar-refractivity contribution in [1.29, 1.82) is 5.26 Å². The lowest BCUT2D eigenvalue weighted by Crippen LogP contribution is -2.38. The molecule has 0 saturated carbocycles. The number of sulfonamides is 1. The highest BCUT2D eigenvalue weighted by atomic mass is 32.2. The summed E-state index contributed by atoms with van der Waals surface area (Å²) in [6.45, 7) is 4.56. The predicted octanol–water partition coefficient (Wildman–Crippen LogP) is 1.76. The Bertz CT molecular complexity index is 605. The van der Waals surface area contributed by atoms with E-state index in [2.05, 4.69) is 4.98 Å². The molecular weight excluding hydrogens is 262 g/mol. The molecule has 102 valence electrons. The predicted molar refractivity (Wildman–Crippen MR) is 70.7 cm³/mol. The first-order chi connectivity index (χ1) is 8.98. The molecule has 0 aliphatic carbocycles. The summed E-state index contributed by atoms with van der Waals surface area (Å²) in [6, 6.07) is 4.87. The molecule has 0 aromatic carbocycles. The highest BCUT2D eigenvalue weighted by Crippen LogP contribution is 2.30. The van der Waals surface area contributed by atoms with Gasteiger partial charge in [0.05, 0.1) is 0 Å². The van der Waals surface area contributed by atoms with E-state index in [4.69, 9.17) is 5.26 Å². The van der Waals surface area contributed by atoms with Crippen LogP contribution in [-0.2, 0) is 10.0 Å². The average Bonchev–Trinajstić information content (AvgIpc) is 2.88. The maximum atomic E-state index is 12.7. The van der Waals surface area contributed by atoms with Gasteiger partial charge in [0.25, 0.3) is 0 Å². The molecule has 1 saturated heterocycles. The lowest BCUT2D eigenvalue weighted by Gasteiger charge is -2.26. The quantitative estimate of drug-likeness (QED) is 0.845. The van der Waals surface area contributed by atoms with Crippen molar-refractivity contribution in [1.82, 2.24) is 9.29 Å². The normalized spacial score (nSPS) is 20.6. The van der Waals surface area contributed by atoms with Crippen LogP contribution in [0.1, 0.15) is 32.4 Å². The van der Waals surface area contributed by atoms with Crippen LogP contribution in [0.15, 0.2) is 23.2 Å². The van der Waals surface area contributed by atoms with Gasteiger partial charge in [-0.05, 0) is 30.9 Å². The van der Waals surface area contributed by atoms with Crippen molar-refractivity contribution in [2.24, 2.45) is 5.92 Å². The smallest absolute Gasteiger partial charge is 0.244 e. The third-order valence-corrected chi connectivity index (χ3v) is 5.44. The molecule has 0 amide bonds. The second kappa shape index (κ2) is 5.27. The maximum Gasteiger partial charge on any atom is 0.246 e. The van der Waals surface area contributed by atoms with E-state index < -0.39 is 10.0 Å². The molecule has 1 atom stereocenters. The average molecular weight is 279 g/mol. The van der Waals surface area contributed by atoms with Crippen LogP contribution in [0.5, 0.6) is 0 Å². The molecular formula is C13H17N3O2S. The van der Waals surface area contributed by atoms with E-state index in [1.165, 1.54) is 16.6 Å². The second-order valence-electron chi connectivity index (χ2n) is 5.03. The zero-order chi connectivity index (χ0) is 14.0. The van der Waals surface area contributed by atoms with Gasteiger partial charge in [0.15, 0.2) is 5.69 Å². The number of aromatic nitrogens is 1. The van der Waals surface area contributed by atoms with Crippen molar-refractivity contribution in [3.63, 3.8) is 0 Å². The van der Waals surface area contributed by atoms with E-state index in [1.807, 2.05) is 19.9 Å². The second-order valence-corrected chi connectivity index (χ2v) is 6.89. The molecule has 1 aromatic rings. The molecule has 0 radical (unpaired) electrons. The lowest BCUT2D eigenvalue weighted by atomic mass is 10.0. The third-order valence-electron chi connectivity index (χ3n) is 3.48. The summed E-state index contributed by atoms with van der Waals surface area (Å²) in [5.41, 5.74) is -0.0306. The van der Waals surface area contributed by atoms with Gasteiger partial charge in [-0.2, -0.15) is 9.57 Å². The Morgan fingerprint density at radius 2 is 2.26 bits per heavy atom. The number of hydrogen-bond acceptors (Lipinski definition) is 4. The molecule has 2 heterocycles. The van der Waals surface area contributed by atoms with Crippen molar-refractivity contribution in [3.8, 4) is 6.07 Å². The standard InChI is InChI=1S/C13H17N3O2S/c1-10(2)12-5-4-8-16(12)19(17,18)13-6-3-7-15-11(13)9-14/h3,6-7,10,12H,4-5,8H2,1-2H3. The Morgan fingerprint density at radius 3 is 2.89 bits per heavy atom. The van der Waals surface area contributed by atoms with Crippen LogP contribution in [-0.4, -0.2) is 30.3 Å². The minimum atomic E-state index is -3.63. The molecule has 19 heavy (non-hydrogen) atoms. The lowest BCUT2D eigenvalue weighted by molar-refractivity contribution is 0.315. The molecule has 6 heteroatoms. The minimum absolute atomic E-state index is 0.0109. The van der Waals surface area contributed by atoms with Crippen LogP contribution < -0.4 is 0 Å². The van der Waals surface area contributed by atoms with Crippen LogP contribution in [0.25, 0.3) is 0 Å². The summed E-state index contributed by atoms with van der Waals surface area (Å²) in [5.74, 6) is 0.263. The van der Waals surface area contributed by atoms with Crippen molar-refractivity contribution >= 4 is 10.0 Å². The summed E-state index contributed by atoms with van der Waals surface area (Å²) >= 11 is 0. The van der Waals surface area contributed by atoms with E-state index in [0.29, 0.717) is 6.54 Å². The van der Waals surface area contributed by atoms with Gasteiger partial charge >= 0.3 is 0 Å². The van der Waals surface area contributed by atoms with Gasteiger partial charge in [-0.3, -0.25) is 0 Å². The van der Waals surface area contributed by atoms with E-state index >= 15 is 0 Å². The molecule has 2 rings (SSSR count). The van der Waals surface area contributed by atoms with Crippen LogP contribution in [0.3, 0.4) is 0 Å². The Morgan fingerprint density at radius 1 is 1.53 bits per heavy atom. The summed E-state index contributed by atoms with van der Waals surface area (Å²) in [4.78, 5) is 3.86. The Labute approximate surface area is 113 Å². The van der Waals surface area contributed by atoms with E-state index in [9.17, 15) is 8.42 Å². The first-order valence-electron chi connectivity index (χ1n) is 6.35. The fourth-order valence-corrected chi connectivity index (χ4v) is 4.46. The van der Waals surface area contributed by atoms with Crippen LogP contribution in [0, 0.1) is 17.2 Å². The number of pyridine rings is 1. The van der Waals surface area contributed by atoms with Crippen molar-refractivity contribution < 1.29 is 8.42 Å². The maximum absolute atomic E-state index is 12.7. The molecule has 0 N–H and O–H groups in total. The molecule has 1 aromatic heterocycles. The Balaban J connectivity index is 2.46. The highest BCUT2D eigenvalue weighted by Gasteiger charge is 2.37. The van der Waals surface area contributed by atoms with Gasteiger partial charge in [-0.25, -0.2) is 13.4 Å². The molecule has 1 fully saturated rings. The Hall–Kier alpha value is -1.45. The third kappa shape index (κ3) is 2.48. The first kappa shape index (κ1) is 14.0. The number of rotatable bonds is 3. The van der Waals surface area contributed by atoms with E-state index in [0.717, 1.165) is 12.8 Å². The summed E-state index contributed by atoms with van der Waals surface area (Å²) in [6.07, 6.45) is 3.17. The fourth-order valence-electron chi connectivity index (χ4n) is 2.54. The summed E-state index contributed by atoms with van der Waals surface area (Å²) in [7, 11) is -3.63. The monoisotopic (exact) mass is 279 g/mol. The molecule has 1 aliphatic rings. The van der Waals surface area contributed by atoms with Crippen LogP contribution in [0.2, 0.25) is 0 Å². The zero-order valence-electron chi connectivity index (χ0n) is 11.1. The topological polar surface area (TPSA) is 74.1 Å². The van der Waals surface area contributed by atoms with Gasteiger partial charge in [0.2, 0.25) is 10.0 Å². The van der Waals surface area contributed by atoms with E-state index in [1.54, 1.807) is 6.07 Å². The largest absolute Gasteiger partial charge is 0.246 e. The van der Waals surface area contributed by atoms with Gasteiger partial charge in [0.1, 0.15) is 11.0 Å². The van der Waals surface area contributed by atoms with Gasteiger partial charge in [-0.15, -0.1) is 0 Å². The molecule has 0 bridgehead atoms. The number of nitrogens with zero attached hydrogens (tertiary/aromatic N) is 3. The van der Waals surface area contributed by atoms with Gasteiger partial charge < -0.3 is 0 Å². The number of nitriles is 1. The Kier molecular flexibility index (Phi) is 3.88. The minimum Gasteiger partial charge on any atom is -0.244 e. The SMILES string of the molecule is CC(C)C1CCCN1S(=O)(=O)c1cccnc1C#N. The van der Waals surface area contributed by atoms with Crippen molar-refractivity contribution in [2.75, 3.05) is 6.54 Å². The molecule has 1 unspecified atom stereocenters. The highest BCUT2D eigenvalue weighted by molar-refractivity contribution is 7.89. The molecule has 1 aliphatic heterocycles. The van der Waals surface area contributed by atoms with Gasteiger partial charge in [-0.1, -0.05) is 13.8 Å². The van der Waals surface area contributed by atoms with Gasteiger partial charge in [0, 0.05) is 18.8 Å². The molecule has 5 nitrogen and oxygen atoms in total. The van der Waals surface area contributed by atoms with Crippen LogP contribution in [0.4, 0.5) is 0 Å². The number of hydrogen-bond donors (Lipinski definition) is 0. The fraction of sp³-hybridized carbons (Fsp3) is 0.538. The first-order valence-corrected chi connectivity index (χ1v) is 7.79.